The first-order valence-corrected chi connectivity index (χ1v) is 14.8. The van der Waals surface area contributed by atoms with Crippen LogP contribution in [0.25, 0.3) is 22.1 Å². The summed E-state index contributed by atoms with van der Waals surface area (Å²) in [6, 6.07) is 15.7. The van der Waals surface area contributed by atoms with E-state index in [9.17, 15) is 9.59 Å². The first-order chi connectivity index (χ1) is 19.0. The second kappa shape index (κ2) is 11.4. The van der Waals surface area contributed by atoms with Crippen LogP contribution < -0.4 is 0 Å². The number of fused-ring (bicyclic) bond motifs is 2. The Morgan fingerprint density at radius 3 is 2.08 bits per heavy atom. The topological polar surface area (TPSA) is 97.5 Å². The van der Waals surface area contributed by atoms with Crippen molar-refractivity contribution >= 4 is 57.5 Å². The summed E-state index contributed by atoms with van der Waals surface area (Å²) < 4.78 is 21.3. The maximum atomic E-state index is 13.7. The Labute approximate surface area is 234 Å². The van der Waals surface area contributed by atoms with Gasteiger partial charge in [0.15, 0.2) is 10.3 Å². The number of esters is 2. The zero-order chi connectivity index (χ0) is 27.6. The number of para-hydroxylation sites is 4. The van der Waals surface area contributed by atoms with Gasteiger partial charge >= 0.3 is 11.9 Å². The van der Waals surface area contributed by atoms with Gasteiger partial charge in [0.05, 0.1) is 45.9 Å². The lowest BCUT2D eigenvalue weighted by atomic mass is 10.1. The number of hydrogen-bond acceptors (Lipinski definition) is 9. The summed E-state index contributed by atoms with van der Waals surface area (Å²) >= 11 is 2.55. The molecule has 0 amide bonds. The van der Waals surface area contributed by atoms with Gasteiger partial charge in [0.1, 0.15) is 0 Å². The van der Waals surface area contributed by atoms with Crippen LogP contribution in [-0.2, 0) is 36.9 Å². The van der Waals surface area contributed by atoms with Gasteiger partial charge in [-0.15, -0.1) is 0 Å². The number of cyclic esters (lactones) is 1. The Morgan fingerprint density at radius 2 is 1.49 bits per heavy atom. The zero-order valence-corrected chi connectivity index (χ0v) is 23.9. The second-order valence-corrected chi connectivity index (χ2v) is 10.6. The van der Waals surface area contributed by atoms with E-state index in [4.69, 9.17) is 24.2 Å². The second-order valence-electron chi connectivity index (χ2n) is 8.67. The molecular formula is C28H30N4O5S2. The third-order valence-corrected chi connectivity index (χ3v) is 8.72. The molecule has 1 unspecified atom stereocenters. The summed E-state index contributed by atoms with van der Waals surface area (Å²) in [6.07, 6.45) is 0. The third-order valence-electron chi connectivity index (χ3n) is 6.39. The molecule has 2 aromatic heterocycles. The Morgan fingerprint density at radius 1 is 0.897 bits per heavy atom. The molecular weight excluding hydrogens is 536 g/mol. The molecule has 0 spiro atoms. The van der Waals surface area contributed by atoms with Crippen LogP contribution in [0.3, 0.4) is 0 Å². The van der Waals surface area contributed by atoms with Gasteiger partial charge in [0.25, 0.3) is 5.60 Å². The van der Waals surface area contributed by atoms with Crippen molar-refractivity contribution in [3.05, 3.63) is 59.2 Å². The molecule has 1 aliphatic rings. The lowest BCUT2D eigenvalue weighted by Gasteiger charge is -2.27. The van der Waals surface area contributed by atoms with Crippen LogP contribution in [-0.4, -0.2) is 55.6 Å². The van der Waals surface area contributed by atoms with Gasteiger partial charge < -0.3 is 23.3 Å². The minimum Gasteiger partial charge on any atom is -0.486 e. The normalized spacial score (nSPS) is 17.3. The fraction of sp³-hybridized carbons (Fsp3) is 0.357. The Hall–Kier alpha value is -3.44. The maximum absolute atomic E-state index is 13.7. The number of nitrogens with zero attached hydrogens (tertiary/aromatic N) is 4. The fourth-order valence-electron chi connectivity index (χ4n) is 4.62. The van der Waals surface area contributed by atoms with E-state index in [1.807, 2.05) is 66.9 Å². The summed E-state index contributed by atoms with van der Waals surface area (Å²) in [5.41, 5.74) is 1.90. The summed E-state index contributed by atoms with van der Waals surface area (Å²) in [7, 11) is 0. The number of aryl methyl sites for hydroxylation is 2. The van der Waals surface area contributed by atoms with Crippen molar-refractivity contribution in [3.8, 4) is 0 Å². The number of imidazole rings is 2. The monoisotopic (exact) mass is 566 g/mol. The number of ether oxygens (including phenoxy) is 3. The van der Waals surface area contributed by atoms with E-state index in [0.717, 1.165) is 22.1 Å². The molecule has 11 heteroatoms. The molecule has 0 bridgehead atoms. The van der Waals surface area contributed by atoms with Gasteiger partial charge in [0.2, 0.25) is 5.76 Å². The highest BCUT2D eigenvalue weighted by atomic mass is 32.2. The van der Waals surface area contributed by atoms with Gasteiger partial charge in [-0.1, -0.05) is 36.0 Å². The molecule has 5 rings (SSSR count). The average molecular weight is 567 g/mol. The van der Waals surface area contributed by atoms with Crippen molar-refractivity contribution in [2.24, 2.45) is 0 Å². The van der Waals surface area contributed by atoms with Crippen LogP contribution >= 0.6 is 23.5 Å². The molecule has 1 aliphatic heterocycles. The number of hydrogen-bond donors (Lipinski definition) is 0. The van der Waals surface area contributed by atoms with Gasteiger partial charge in [-0.2, -0.15) is 0 Å². The average Bonchev–Trinajstić information content (AvgIpc) is 3.57. The van der Waals surface area contributed by atoms with Crippen molar-refractivity contribution in [1.29, 1.82) is 0 Å². The molecule has 1 atom stereocenters. The first-order valence-electron chi connectivity index (χ1n) is 13.0. The predicted octanol–water partition coefficient (Wildman–Crippen LogP) is 5.42. The molecule has 3 heterocycles. The Balaban J connectivity index is 1.60. The molecule has 0 saturated carbocycles. The highest BCUT2D eigenvalue weighted by Crippen LogP contribution is 2.47. The van der Waals surface area contributed by atoms with Crippen molar-refractivity contribution < 1.29 is 23.8 Å². The van der Waals surface area contributed by atoms with E-state index in [-0.39, 0.29) is 24.7 Å². The molecule has 9 nitrogen and oxygen atoms in total. The van der Waals surface area contributed by atoms with E-state index in [1.165, 1.54) is 23.5 Å². The number of carbonyl (C=O) groups excluding carboxylic acids is 2. The van der Waals surface area contributed by atoms with Crippen LogP contribution in [0.2, 0.25) is 0 Å². The van der Waals surface area contributed by atoms with Gasteiger partial charge in [0, 0.05) is 13.1 Å². The molecule has 0 saturated heterocycles. The van der Waals surface area contributed by atoms with Crippen molar-refractivity contribution in [3.63, 3.8) is 0 Å². The largest absolute Gasteiger partial charge is 0.486 e. The maximum Gasteiger partial charge on any atom is 0.376 e. The van der Waals surface area contributed by atoms with Crippen LogP contribution in [0.15, 0.2) is 69.5 Å². The summed E-state index contributed by atoms with van der Waals surface area (Å²) in [4.78, 5) is 36.8. The minimum atomic E-state index is -1.72. The SMILES string of the molecule is CCOC(=O)C1(CSc2nc3ccccc3n2CC)OC(=O)C(OCC)=C1Sc1nc2ccccc2n1CC. The Bertz CT molecular complexity index is 1580. The summed E-state index contributed by atoms with van der Waals surface area (Å²) in [5, 5.41) is 1.34. The van der Waals surface area contributed by atoms with Crippen LogP contribution in [0.1, 0.15) is 27.7 Å². The zero-order valence-electron chi connectivity index (χ0n) is 22.3. The van der Waals surface area contributed by atoms with Crippen LogP contribution in [0.5, 0.6) is 0 Å². The number of rotatable bonds is 11. The number of carbonyl (C=O) groups is 2. The van der Waals surface area contributed by atoms with Crippen molar-refractivity contribution in [2.75, 3.05) is 19.0 Å². The minimum absolute atomic E-state index is 0.00913. The molecule has 0 N–H and O–H groups in total. The van der Waals surface area contributed by atoms with Crippen molar-refractivity contribution in [1.82, 2.24) is 19.1 Å². The number of thioether (sulfide) groups is 2. The van der Waals surface area contributed by atoms with E-state index in [1.54, 1.807) is 13.8 Å². The van der Waals surface area contributed by atoms with Crippen LogP contribution in [0.4, 0.5) is 0 Å². The van der Waals surface area contributed by atoms with Crippen molar-refractivity contribution in [2.45, 2.75) is 56.7 Å². The van der Waals surface area contributed by atoms with E-state index < -0.39 is 17.5 Å². The summed E-state index contributed by atoms with van der Waals surface area (Å²) in [6.45, 7) is 9.28. The predicted molar refractivity (Wildman–Crippen MR) is 152 cm³/mol. The smallest absolute Gasteiger partial charge is 0.376 e. The van der Waals surface area contributed by atoms with E-state index >= 15 is 0 Å². The van der Waals surface area contributed by atoms with Crippen LogP contribution in [0, 0.1) is 0 Å². The van der Waals surface area contributed by atoms with Gasteiger partial charge in [-0.3, -0.25) is 0 Å². The highest BCUT2D eigenvalue weighted by molar-refractivity contribution is 8.03. The first kappa shape index (κ1) is 27.1. The molecule has 0 fully saturated rings. The lowest BCUT2D eigenvalue weighted by molar-refractivity contribution is -0.170. The molecule has 2 aromatic carbocycles. The molecule has 0 aliphatic carbocycles. The molecule has 39 heavy (non-hydrogen) atoms. The Kier molecular flexibility index (Phi) is 7.90. The number of benzene rings is 2. The standard InChI is InChI=1S/C28H30N4O5S2/c1-5-31-20-15-11-9-13-18(20)29-26(31)38-17-28(25(34)36-8-4)23(22(35-7-3)24(33)37-28)39-27-30-19-14-10-12-16-21(19)32(27)6-2/h9-16H,5-8,17H2,1-4H3. The van der Waals surface area contributed by atoms with Gasteiger partial charge in [-0.25, -0.2) is 19.6 Å². The third kappa shape index (κ3) is 4.78. The van der Waals surface area contributed by atoms with E-state index in [0.29, 0.717) is 28.3 Å². The summed E-state index contributed by atoms with van der Waals surface area (Å²) in [5.74, 6) is -1.28. The lowest BCUT2D eigenvalue weighted by Crippen LogP contribution is -2.45. The molecule has 0 radical (unpaired) electrons. The quantitative estimate of drug-likeness (QED) is 0.174. The highest BCUT2D eigenvalue weighted by Gasteiger charge is 2.57. The molecule has 4 aromatic rings. The number of aromatic nitrogens is 4. The van der Waals surface area contributed by atoms with E-state index in [2.05, 4.69) is 4.57 Å². The molecule has 204 valence electrons. The van der Waals surface area contributed by atoms with Gasteiger partial charge in [-0.05, 0) is 63.7 Å². The fourth-order valence-corrected chi connectivity index (χ4v) is 7.18.